The fourth-order valence-corrected chi connectivity index (χ4v) is 6.66. The van der Waals surface area contributed by atoms with E-state index in [1.54, 1.807) is 11.8 Å². The second-order valence-electron chi connectivity index (χ2n) is 9.99. The molecule has 33 heavy (non-hydrogen) atoms. The van der Waals surface area contributed by atoms with Crippen molar-refractivity contribution in [2.45, 2.75) is 62.3 Å². The average molecular weight is 472 g/mol. The molecule has 0 saturated heterocycles. The van der Waals surface area contributed by atoms with Crippen LogP contribution in [-0.4, -0.2) is 40.2 Å². The molecule has 4 N–H and O–H groups in total. The van der Waals surface area contributed by atoms with Gasteiger partial charge in [-0.3, -0.25) is 4.79 Å². The highest BCUT2D eigenvalue weighted by Crippen LogP contribution is 2.51. The first-order valence-electron chi connectivity index (χ1n) is 11.6. The van der Waals surface area contributed by atoms with Crippen molar-refractivity contribution in [3.8, 4) is 5.88 Å². The molecule has 9 nitrogen and oxygen atoms in total. The maximum atomic E-state index is 13.6. The SMILES string of the molecule is COC[C@@H]1CCc2cc3c(c(NC(=O)c4nn5c(c4S(=N)(N)=O)OCC4(CC4)C5)c21)CCC3. The van der Waals surface area contributed by atoms with Crippen molar-refractivity contribution in [3.63, 3.8) is 0 Å². The Morgan fingerprint density at radius 3 is 2.94 bits per heavy atom. The van der Waals surface area contributed by atoms with Crippen LogP contribution in [-0.2, 0) is 40.5 Å². The summed E-state index contributed by atoms with van der Waals surface area (Å²) in [5, 5.41) is 13.3. The summed E-state index contributed by atoms with van der Waals surface area (Å²) in [7, 11) is -2.02. The van der Waals surface area contributed by atoms with Crippen molar-refractivity contribution in [1.82, 2.24) is 9.78 Å². The zero-order valence-corrected chi connectivity index (χ0v) is 19.6. The van der Waals surface area contributed by atoms with Crippen LogP contribution in [0.2, 0.25) is 0 Å². The van der Waals surface area contributed by atoms with E-state index in [1.807, 2.05) is 0 Å². The summed E-state index contributed by atoms with van der Waals surface area (Å²) < 4.78 is 33.7. The predicted octanol–water partition coefficient (Wildman–Crippen LogP) is 2.75. The number of ether oxygens (including phenoxy) is 2. The molecule has 1 spiro atoms. The minimum Gasteiger partial charge on any atom is -0.476 e. The highest BCUT2D eigenvalue weighted by atomic mass is 32.2. The number of aromatic nitrogens is 2. The van der Waals surface area contributed by atoms with Crippen molar-refractivity contribution in [2.75, 3.05) is 25.6 Å². The number of methoxy groups -OCH3 is 1. The lowest BCUT2D eigenvalue weighted by molar-refractivity contribution is 0.101. The summed E-state index contributed by atoms with van der Waals surface area (Å²) in [5.41, 5.74) is 5.67. The largest absolute Gasteiger partial charge is 0.476 e. The summed E-state index contributed by atoms with van der Waals surface area (Å²) in [6, 6.07) is 2.29. The van der Waals surface area contributed by atoms with Gasteiger partial charge in [0.2, 0.25) is 5.88 Å². The Bertz CT molecular complexity index is 1280. The van der Waals surface area contributed by atoms with Crippen molar-refractivity contribution < 1.29 is 18.5 Å². The highest BCUT2D eigenvalue weighted by Gasteiger charge is 2.49. The Hall–Kier alpha value is -2.43. The van der Waals surface area contributed by atoms with Gasteiger partial charge in [-0.25, -0.2) is 18.8 Å². The van der Waals surface area contributed by atoms with Crippen molar-refractivity contribution in [3.05, 3.63) is 34.0 Å². The second-order valence-corrected chi connectivity index (χ2v) is 11.6. The average Bonchev–Trinajstić information content (AvgIpc) is 3.13. The monoisotopic (exact) mass is 471 g/mol. The number of fused-ring (bicyclic) bond motifs is 3. The zero-order chi connectivity index (χ0) is 23.0. The van der Waals surface area contributed by atoms with Gasteiger partial charge in [0, 0.05) is 24.1 Å². The molecule has 4 aliphatic rings. The highest BCUT2D eigenvalue weighted by molar-refractivity contribution is 7.90. The van der Waals surface area contributed by atoms with E-state index in [4.69, 9.17) is 19.4 Å². The summed E-state index contributed by atoms with van der Waals surface area (Å²) in [6.45, 7) is 1.66. The number of rotatable bonds is 5. The molecule has 2 aromatic rings. The minimum absolute atomic E-state index is 0.0377. The van der Waals surface area contributed by atoms with Gasteiger partial charge in [0.05, 0.1) is 19.8 Å². The molecule has 10 heteroatoms. The molecule has 3 aliphatic carbocycles. The molecular weight excluding hydrogens is 442 g/mol. The normalized spacial score (nSPS) is 23.4. The lowest BCUT2D eigenvalue weighted by Gasteiger charge is -2.23. The van der Waals surface area contributed by atoms with Gasteiger partial charge in [-0.2, -0.15) is 5.10 Å². The number of carbonyl (C=O) groups excluding carboxylic acids is 1. The molecule has 2 atom stereocenters. The number of hydrogen-bond acceptors (Lipinski definition) is 6. The number of carbonyl (C=O) groups is 1. The molecule has 1 amide bonds. The summed E-state index contributed by atoms with van der Waals surface area (Å²) >= 11 is 0. The zero-order valence-electron chi connectivity index (χ0n) is 18.7. The summed E-state index contributed by atoms with van der Waals surface area (Å²) in [5.74, 6) is -0.0777. The van der Waals surface area contributed by atoms with E-state index in [0.717, 1.165) is 56.2 Å². The molecule has 1 aromatic carbocycles. The first-order chi connectivity index (χ1) is 15.8. The van der Waals surface area contributed by atoms with Gasteiger partial charge in [0.1, 0.15) is 9.92 Å². The maximum absolute atomic E-state index is 13.6. The van der Waals surface area contributed by atoms with Gasteiger partial charge in [-0.15, -0.1) is 0 Å². The number of hydrogen-bond donors (Lipinski definition) is 3. The molecule has 176 valence electrons. The van der Waals surface area contributed by atoms with Crippen LogP contribution in [0.25, 0.3) is 0 Å². The molecule has 2 heterocycles. The Morgan fingerprint density at radius 2 is 2.21 bits per heavy atom. The molecule has 0 bridgehead atoms. The fourth-order valence-electron chi connectivity index (χ4n) is 5.82. The maximum Gasteiger partial charge on any atom is 0.277 e. The topological polar surface area (TPSA) is 132 Å². The Balaban J connectivity index is 1.43. The molecule has 1 aromatic heterocycles. The first-order valence-corrected chi connectivity index (χ1v) is 13.2. The van der Waals surface area contributed by atoms with Gasteiger partial charge >= 0.3 is 0 Å². The Labute approximate surface area is 193 Å². The standard InChI is InChI=1S/C23H29N5O4S/c1-31-10-15-6-5-14-9-13-3-2-4-16(13)18(17(14)15)26-21(29)19-20(33(24,25)30)22-28(27-19)11-23(7-8-23)12-32-22/h9,15H,2-8,10-12H2,1H3,(H,26,29)(H3,24,25,30)/t15-/m0/s1. The first kappa shape index (κ1) is 21.1. The summed E-state index contributed by atoms with van der Waals surface area (Å²) in [6.07, 6.45) is 6.97. The molecule has 6 rings (SSSR count). The van der Waals surface area contributed by atoms with Crippen molar-refractivity contribution in [1.29, 1.82) is 4.78 Å². The molecule has 1 unspecified atom stereocenters. The smallest absolute Gasteiger partial charge is 0.277 e. The number of benzene rings is 1. The number of nitrogens with one attached hydrogen (secondary N) is 2. The quantitative estimate of drug-likeness (QED) is 0.617. The van der Waals surface area contributed by atoms with Gasteiger partial charge in [-0.05, 0) is 67.2 Å². The lowest BCUT2D eigenvalue weighted by atomic mass is 9.94. The Morgan fingerprint density at radius 1 is 1.39 bits per heavy atom. The van der Waals surface area contributed by atoms with E-state index in [9.17, 15) is 9.00 Å². The van der Waals surface area contributed by atoms with E-state index in [-0.39, 0.29) is 27.8 Å². The van der Waals surface area contributed by atoms with Crippen LogP contribution in [0.4, 0.5) is 5.69 Å². The second kappa shape index (κ2) is 7.28. The van der Waals surface area contributed by atoms with Crippen LogP contribution in [0.3, 0.4) is 0 Å². The molecule has 1 fully saturated rings. The van der Waals surface area contributed by atoms with Crippen LogP contribution >= 0.6 is 0 Å². The third-order valence-electron chi connectivity index (χ3n) is 7.64. The molecule has 1 saturated carbocycles. The van der Waals surface area contributed by atoms with E-state index >= 15 is 0 Å². The van der Waals surface area contributed by atoms with Crippen LogP contribution < -0.4 is 15.2 Å². The number of nitrogens with two attached hydrogens (primary N) is 1. The number of aryl methyl sites for hydroxylation is 2. The van der Waals surface area contributed by atoms with Crippen LogP contribution in [0.15, 0.2) is 11.0 Å². The van der Waals surface area contributed by atoms with Crippen molar-refractivity contribution >= 4 is 21.5 Å². The van der Waals surface area contributed by atoms with Gasteiger partial charge in [0.25, 0.3) is 5.91 Å². The van der Waals surface area contributed by atoms with Crippen LogP contribution in [0, 0.1) is 10.2 Å². The number of anilines is 1. The van der Waals surface area contributed by atoms with Crippen LogP contribution in [0.5, 0.6) is 5.88 Å². The molecule has 0 radical (unpaired) electrons. The summed E-state index contributed by atoms with van der Waals surface area (Å²) in [4.78, 5) is 13.5. The lowest BCUT2D eigenvalue weighted by Crippen LogP contribution is -2.28. The van der Waals surface area contributed by atoms with Crippen molar-refractivity contribution in [2.24, 2.45) is 10.6 Å². The fraction of sp³-hybridized carbons (Fsp3) is 0.565. The number of nitrogens with zero attached hydrogens (tertiary/aromatic N) is 2. The van der Waals surface area contributed by atoms with E-state index < -0.39 is 15.8 Å². The predicted molar refractivity (Wildman–Crippen MR) is 122 cm³/mol. The van der Waals surface area contributed by atoms with Gasteiger partial charge in [0.15, 0.2) is 10.6 Å². The third-order valence-corrected chi connectivity index (χ3v) is 8.62. The Kier molecular flexibility index (Phi) is 4.66. The van der Waals surface area contributed by atoms with Gasteiger partial charge in [-0.1, -0.05) is 6.07 Å². The van der Waals surface area contributed by atoms with Gasteiger partial charge < -0.3 is 14.8 Å². The third kappa shape index (κ3) is 3.38. The van der Waals surface area contributed by atoms with E-state index in [2.05, 4.69) is 16.5 Å². The molecule has 1 aliphatic heterocycles. The molecular formula is C23H29N5O4S. The van der Waals surface area contributed by atoms with Crippen LogP contribution in [0.1, 0.15) is 64.3 Å². The van der Waals surface area contributed by atoms with E-state index in [0.29, 0.717) is 19.8 Å². The number of amides is 1. The minimum atomic E-state index is -3.72. The van der Waals surface area contributed by atoms with E-state index in [1.165, 1.54) is 16.7 Å².